The van der Waals surface area contributed by atoms with Crippen LogP contribution >= 0.6 is 0 Å². The highest BCUT2D eigenvalue weighted by Crippen LogP contribution is 2.44. The summed E-state index contributed by atoms with van der Waals surface area (Å²) in [5, 5.41) is 14.8. The number of ether oxygens (including phenoxy) is 1. The van der Waals surface area contributed by atoms with Gasteiger partial charge in [-0.15, -0.1) is 0 Å². The van der Waals surface area contributed by atoms with Crippen LogP contribution in [-0.2, 0) is 14.3 Å². The summed E-state index contributed by atoms with van der Waals surface area (Å²) in [6.45, 7) is 7.72. The summed E-state index contributed by atoms with van der Waals surface area (Å²) in [6, 6.07) is 15.3. The number of nitrogens with one attached hydrogen (secondary N) is 2. The zero-order valence-corrected chi connectivity index (χ0v) is 20.3. The van der Waals surface area contributed by atoms with Crippen LogP contribution in [0.4, 0.5) is 4.79 Å². The highest BCUT2D eigenvalue weighted by Gasteiger charge is 2.33. The Kier molecular flexibility index (Phi) is 7.97. The molecule has 0 aromatic heterocycles. The molecule has 2 aromatic rings. The smallest absolute Gasteiger partial charge is 0.407 e. The molecule has 182 valence electrons. The molecule has 0 spiro atoms. The maximum Gasteiger partial charge on any atom is 0.407 e. The predicted molar refractivity (Wildman–Crippen MR) is 130 cm³/mol. The second kappa shape index (κ2) is 10.7. The van der Waals surface area contributed by atoms with Crippen LogP contribution in [0.15, 0.2) is 48.5 Å². The van der Waals surface area contributed by atoms with Crippen LogP contribution in [-0.4, -0.2) is 42.3 Å². The van der Waals surface area contributed by atoms with E-state index in [1.165, 1.54) is 11.1 Å². The van der Waals surface area contributed by atoms with Crippen molar-refractivity contribution in [2.45, 2.75) is 52.5 Å². The summed E-state index contributed by atoms with van der Waals surface area (Å²) in [5.41, 5.74) is 4.01. The van der Waals surface area contributed by atoms with Crippen molar-refractivity contribution in [1.29, 1.82) is 0 Å². The fourth-order valence-electron chi connectivity index (χ4n) is 4.37. The lowest BCUT2D eigenvalue weighted by molar-refractivity contribution is -0.145. The SMILES string of the molecule is CCC(CNC(=O)OCC1c2ccccc2-c2ccccc21)CC(=O)NC(C(=O)O)C(C)(C)C. The number of aliphatic carboxylic acids is 1. The molecule has 3 rings (SSSR count). The molecule has 34 heavy (non-hydrogen) atoms. The van der Waals surface area contributed by atoms with Crippen molar-refractivity contribution in [3.63, 3.8) is 0 Å². The Bertz CT molecular complexity index is 998. The number of carboxylic acid groups (broad SMARTS) is 1. The number of alkyl carbamates (subject to hydrolysis) is 1. The van der Waals surface area contributed by atoms with Gasteiger partial charge in [0.15, 0.2) is 0 Å². The van der Waals surface area contributed by atoms with Crippen LogP contribution in [0.2, 0.25) is 0 Å². The van der Waals surface area contributed by atoms with E-state index in [9.17, 15) is 19.5 Å². The van der Waals surface area contributed by atoms with E-state index in [-0.39, 0.29) is 37.3 Å². The van der Waals surface area contributed by atoms with E-state index < -0.39 is 23.5 Å². The molecule has 0 saturated heterocycles. The Morgan fingerprint density at radius 2 is 1.56 bits per heavy atom. The van der Waals surface area contributed by atoms with Gasteiger partial charge < -0.3 is 20.5 Å². The maximum absolute atomic E-state index is 12.4. The van der Waals surface area contributed by atoms with Crippen molar-refractivity contribution in [1.82, 2.24) is 10.6 Å². The van der Waals surface area contributed by atoms with Crippen LogP contribution in [0.5, 0.6) is 0 Å². The first-order valence-electron chi connectivity index (χ1n) is 11.7. The molecule has 0 bridgehead atoms. The van der Waals surface area contributed by atoms with Crippen molar-refractivity contribution in [2.24, 2.45) is 11.3 Å². The number of hydrogen-bond donors (Lipinski definition) is 3. The van der Waals surface area contributed by atoms with Gasteiger partial charge in [0, 0.05) is 18.9 Å². The van der Waals surface area contributed by atoms with E-state index >= 15 is 0 Å². The number of benzene rings is 2. The van der Waals surface area contributed by atoms with Crippen LogP contribution in [0.25, 0.3) is 11.1 Å². The molecular weight excluding hydrogens is 432 g/mol. The average Bonchev–Trinajstić information content (AvgIpc) is 3.11. The van der Waals surface area contributed by atoms with Crippen molar-refractivity contribution in [3.8, 4) is 11.1 Å². The van der Waals surface area contributed by atoms with Gasteiger partial charge in [-0.25, -0.2) is 9.59 Å². The van der Waals surface area contributed by atoms with E-state index in [0.717, 1.165) is 11.1 Å². The Morgan fingerprint density at radius 1 is 1.00 bits per heavy atom. The zero-order valence-electron chi connectivity index (χ0n) is 20.3. The molecule has 0 aliphatic heterocycles. The monoisotopic (exact) mass is 466 g/mol. The number of amides is 2. The second-order valence-electron chi connectivity index (χ2n) is 9.89. The molecule has 0 saturated carbocycles. The number of fused-ring (bicyclic) bond motifs is 3. The Labute approximate surface area is 200 Å². The molecular formula is C27H34N2O5. The number of carbonyl (C=O) groups excluding carboxylic acids is 2. The Morgan fingerprint density at radius 3 is 2.06 bits per heavy atom. The maximum atomic E-state index is 12.4. The minimum Gasteiger partial charge on any atom is -0.480 e. The molecule has 2 atom stereocenters. The highest BCUT2D eigenvalue weighted by atomic mass is 16.5. The summed E-state index contributed by atoms with van der Waals surface area (Å²) in [5.74, 6) is -1.56. The van der Waals surface area contributed by atoms with Crippen LogP contribution in [0.1, 0.15) is 57.6 Å². The number of hydrogen-bond acceptors (Lipinski definition) is 4. The largest absolute Gasteiger partial charge is 0.480 e. The lowest BCUT2D eigenvalue weighted by atomic mass is 9.86. The van der Waals surface area contributed by atoms with E-state index in [1.54, 1.807) is 20.8 Å². The second-order valence-corrected chi connectivity index (χ2v) is 9.89. The first-order valence-corrected chi connectivity index (χ1v) is 11.7. The lowest BCUT2D eigenvalue weighted by Gasteiger charge is -2.28. The molecule has 1 aliphatic rings. The standard InChI is InChI=1S/C27H34N2O5/c1-5-17(14-23(30)29-24(25(31)32)27(2,3)4)15-28-26(33)34-16-22-20-12-8-6-10-18(20)19-11-7-9-13-21(19)22/h6-13,17,22,24H,5,14-16H2,1-4H3,(H,28,33)(H,29,30)(H,31,32). The molecule has 0 heterocycles. The first kappa shape index (κ1) is 25.3. The quantitative estimate of drug-likeness (QED) is 0.503. The molecule has 0 fully saturated rings. The van der Waals surface area contributed by atoms with E-state index in [0.29, 0.717) is 6.42 Å². The number of rotatable bonds is 9. The van der Waals surface area contributed by atoms with Gasteiger partial charge >= 0.3 is 12.1 Å². The van der Waals surface area contributed by atoms with Gasteiger partial charge in [-0.2, -0.15) is 0 Å². The third-order valence-corrected chi connectivity index (χ3v) is 6.35. The predicted octanol–water partition coefficient (Wildman–Crippen LogP) is 4.56. The van der Waals surface area contributed by atoms with E-state index in [4.69, 9.17) is 4.74 Å². The number of carboxylic acids is 1. The van der Waals surface area contributed by atoms with Crippen molar-refractivity contribution < 1.29 is 24.2 Å². The Balaban J connectivity index is 1.52. The first-order chi connectivity index (χ1) is 16.1. The van der Waals surface area contributed by atoms with Gasteiger partial charge in [0.05, 0.1) is 0 Å². The summed E-state index contributed by atoms with van der Waals surface area (Å²) in [7, 11) is 0. The van der Waals surface area contributed by atoms with Crippen LogP contribution < -0.4 is 10.6 Å². The van der Waals surface area contributed by atoms with Gasteiger partial charge in [-0.3, -0.25) is 4.79 Å². The summed E-state index contributed by atoms with van der Waals surface area (Å²) >= 11 is 0. The van der Waals surface area contributed by atoms with Gasteiger partial charge in [-0.1, -0.05) is 82.6 Å². The van der Waals surface area contributed by atoms with Crippen LogP contribution in [0, 0.1) is 11.3 Å². The third-order valence-electron chi connectivity index (χ3n) is 6.35. The van der Waals surface area contributed by atoms with Gasteiger partial charge in [0.1, 0.15) is 12.6 Å². The zero-order chi connectivity index (χ0) is 24.9. The average molecular weight is 467 g/mol. The van der Waals surface area contributed by atoms with Crippen LogP contribution in [0.3, 0.4) is 0 Å². The molecule has 2 unspecified atom stereocenters. The molecule has 7 heteroatoms. The minimum atomic E-state index is -1.06. The molecule has 1 aliphatic carbocycles. The lowest BCUT2D eigenvalue weighted by Crippen LogP contribution is -2.49. The highest BCUT2D eigenvalue weighted by molar-refractivity contribution is 5.84. The molecule has 7 nitrogen and oxygen atoms in total. The summed E-state index contributed by atoms with van der Waals surface area (Å²) in [4.78, 5) is 36.3. The van der Waals surface area contributed by atoms with E-state index in [1.807, 2.05) is 31.2 Å². The number of carbonyl (C=O) groups is 3. The summed E-state index contributed by atoms with van der Waals surface area (Å²) in [6.07, 6.45) is 0.253. The fraction of sp³-hybridized carbons (Fsp3) is 0.444. The van der Waals surface area contributed by atoms with Crippen molar-refractivity contribution in [2.75, 3.05) is 13.2 Å². The van der Waals surface area contributed by atoms with Crippen molar-refractivity contribution in [3.05, 3.63) is 59.7 Å². The normalized spacial score (nSPS) is 14.5. The Hall–Kier alpha value is -3.35. The molecule has 2 aromatic carbocycles. The fourth-order valence-corrected chi connectivity index (χ4v) is 4.37. The minimum absolute atomic E-state index is 0.0174. The molecule has 3 N–H and O–H groups in total. The van der Waals surface area contributed by atoms with Gasteiger partial charge in [-0.05, 0) is 33.6 Å². The topological polar surface area (TPSA) is 105 Å². The van der Waals surface area contributed by atoms with Gasteiger partial charge in [0.25, 0.3) is 0 Å². The third kappa shape index (κ3) is 5.95. The molecule has 2 amide bonds. The molecule has 0 radical (unpaired) electrons. The summed E-state index contributed by atoms with van der Waals surface area (Å²) < 4.78 is 5.55. The van der Waals surface area contributed by atoms with Crippen molar-refractivity contribution >= 4 is 18.0 Å². The van der Waals surface area contributed by atoms with Gasteiger partial charge in [0.2, 0.25) is 5.91 Å². The van der Waals surface area contributed by atoms with E-state index in [2.05, 4.69) is 34.9 Å².